The van der Waals surface area contributed by atoms with Gasteiger partial charge in [-0.25, -0.2) is 4.79 Å². The Morgan fingerprint density at radius 2 is 1.97 bits per heavy atom. The Kier molecular flexibility index (Phi) is 7.12. The quantitative estimate of drug-likeness (QED) is 0.570. The minimum absolute atomic E-state index is 0.0827. The molecule has 31 heavy (non-hydrogen) atoms. The van der Waals surface area contributed by atoms with Gasteiger partial charge in [0.15, 0.2) is 0 Å². The highest BCUT2D eigenvalue weighted by Gasteiger charge is 2.32. The Hall–Kier alpha value is -2.71. The van der Waals surface area contributed by atoms with Crippen molar-refractivity contribution in [3.8, 4) is 0 Å². The highest BCUT2D eigenvalue weighted by molar-refractivity contribution is 7.18. The average molecular weight is 444 g/mol. The highest BCUT2D eigenvalue weighted by atomic mass is 32.1. The third-order valence-corrected chi connectivity index (χ3v) is 6.89. The molecule has 166 valence electrons. The first-order valence-electron chi connectivity index (χ1n) is 10.5. The highest BCUT2D eigenvalue weighted by Crippen LogP contribution is 2.35. The first kappa shape index (κ1) is 23.0. The first-order valence-corrected chi connectivity index (χ1v) is 11.3. The van der Waals surface area contributed by atoms with Gasteiger partial charge in [0.05, 0.1) is 23.6 Å². The summed E-state index contributed by atoms with van der Waals surface area (Å²) in [6.07, 6.45) is 3.03. The van der Waals surface area contributed by atoms with Crippen LogP contribution in [0, 0.1) is 6.92 Å². The smallest absolute Gasteiger partial charge is 0.341 e. The molecule has 0 saturated carbocycles. The zero-order valence-corrected chi connectivity index (χ0v) is 19.2. The number of benzene rings is 1. The second-order valence-electron chi connectivity index (χ2n) is 7.80. The predicted octanol–water partition coefficient (Wildman–Crippen LogP) is 3.37. The van der Waals surface area contributed by atoms with Crippen LogP contribution in [0.25, 0.3) is 0 Å². The van der Waals surface area contributed by atoms with E-state index in [0.29, 0.717) is 15.4 Å². The van der Waals surface area contributed by atoms with E-state index in [9.17, 15) is 14.4 Å². The van der Waals surface area contributed by atoms with Gasteiger partial charge >= 0.3 is 5.97 Å². The monoisotopic (exact) mass is 443 g/mol. The molecule has 0 saturated heterocycles. The van der Waals surface area contributed by atoms with E-state index < -0.39 is 5.97 Å². The van der Waals surface area contributed by atoms with Crippen molar-refractivity contribution in [1.82, 2.24) is 10.6 Å². The maximum atomic E-state index is 12.8. The van der Waals surface area contributed by atoms with Crippen LogP contribution in [0.1, 0.15) is 63.4 Å². The number of fused-ring (bicyclic) bond motifs is 1. The van der Waals surface area contributed by atoms with E-state index in [1.807, 2.05) is 12.1 Å². The molecule has 2 aromatic rings. The van der Waals surface area contributed by atoms with Gasteiger partial charge in [0.25, 0.3) is 5.91 Å². The lowest BCUT2D eigenvalue weighted by molar-refractivity contribution is -0.115. The Morgan fingerprint density at radius 3 is 2.68 bits per heavy atom. The number of carbonyl (C=O) groups excluding carboxylic acids is 3. The molecule has 2 amide bonds. The van der Waals surface area contributed by atoms with Crippen LogP contribution in [-0.4, -0.2) is 38.0 Å². The molecule has 1 atom stereocenters. The molecule has 3 N–H and O–H groups in total. The largest absolute Gasteiger partial charge is 0.462 e. The molecule has 0 aliphatic heterocycles. The van der Waals surface area contributed by atoms with Crippen molar-refractivity contribution in [2.75, 3.05) is 25.5 Å². The zero-order valence-electron chi connectivity index (χ0n) is 18.4. The minimum atomic E-state index is -0.553. The average Bonchev–Trinajstić information content (AvgIpc) is 3.08. The molecule has 1 aliphatic rings. The molecule has 1 aromatic carbocycles. The van der Waals surface area contributed by atoms with E-state index >= 15 is 0 Å². The second kappa shape index (κ2) is 9.62. The number of thiophene rings is 1. The molecular formula is C23H29N3O4S. The van der Waals surface area contributed by atoms with Crippen LogP contribution in [0.5, 0.6) is 0 Å². The van der Waals surface area contributed by atoms with Crippen LogP contribution < -0.4 is 16.0 Å². The summed E-state index contributed by atoms with van der Waals surface area (Å²) in [4.78, 5) is 37.8. The minimum Gasteiger partial charge on any atom is -0.462 e. The number of hydrogen-bond acceptors (Lipinski definition) is 6. The standard InChI is InChI=1S/C23H29N3O4S/c1-5-30-22(29)18-14(2)19(20(28)24-4)31-21(18)26-17(27)13-25-23(3)12-8-10-15-9-6-7-11-16(15)23/h6-7,9,11,25H,5,8,10,12-13H2,1-4H3,(H,24,28)(H,26,27). The fourth-order valence-electron chi connectivity index (χ4n) is 4.05. The summed E-state index contributed by atoms with van der Waals surface area (Å²) >= 11 is 1.08. The normalized spacial score (nSPS) is 17.5. The van der Waals surface area contributed by atoms with Crippen molar-refractivity contribution in [2.24, 2.45) is 0 Å². The molecule has 1 aliphatic carbocycles. The topological polar surface area (TPSA) is 96.5 Å². The van der Waals surface area contributed by atoms with Crippen LogP contribution in [0.4, 0.5) is 5.00 Å². The molecule has 0 bridgehead atoms. The molecule has 7 nitrogen and oxygen atoms in total. The number of carbonyl (C=O) groups is 3. The molecule has 0 radical (unpaired) electrons. The summed E-state index contributed by atoms with van der Waals surface area (Å²) in [6, 6.07) is 8.30. The van der Waals surface area contributed by atoms with E-state index in [1.54, 1.807) is 13.8 Å². The van der Waals surface area contributed by atoms with E-state index in [4.69, 9.17) is 4.74 Å². The van der Waals surface area contributed by atoms with Crippen molar-refractivity contribution >= 4 is 34.1 Å². The zero-order chi connectivity index (χ0) is 22.6. The van der Waals surface area contributed by atoms with Gasteiger partial charge < -0.3 is 15.4 Å². The molecule has 1 unspecified atom stereocenters. The summed E-state index contributed by atoms with van der Waals surface area (Å²) in [5, 5.41) is 9.10. The van der Waals surface area contributed by atoms with Crippen molar-refractivity contribution in [3.63, 3.8) is 0 Å². The van der Waals surface area contributed by atoms with Gasteiger partial charge in [0.1, 0.15) is 5.00 Å². The van der Waals surface area contributed by atoms with Crippen LogP contribution in [0.15, 0.2) is 24.3 Å². The Labute approximate surface area is 186 Å². The number of nitrogens with one attached hydrogen (secondary N) is 3. The van der Waals surface area contributed by atoms with Gasteiger partial charge in [0, 0.05) is 12.6 Å². The summed E-state index contributed by atoms with van der Waals surface area (Å²) in [5.74, 6) is -1.14. The lowest BCUT2D eigenvalue weighted by Crippen LogP contribution is -2.45. The number of esters is 1. The lowest BCUT2D eigenvalue weighted by Gasteiger charge is -2.37. The summed E-state index contributed by atoms with van der Waals surface area (Å²) in [6.45, 7) is 5.79. The van der Waals surface area contributed by atoms with Crippen LogP contribution >= 0.6 is 11.3 Å². The fourth-order valence-corrected chi connectivity index (χ4v) is 5.21. The maximum Gasteiger partial charge on any atom is 0.341 e. The lowest BCUT2D eigenvalue weighted by atomic mass is 9.78. The third-order valence-electron chi connectivity index (χ3n) is 5.69. The van der Waals surface area contributed by atoms with Gasteiger partial charge in [-0.2, -0.15) is 0 Å². The van der Waals surface area contributed by atoms with E-state index in [2.05, 4.69) is 35.0 Å². The maximum absolute atomic E-state index is 12.8. The van der Waals surface area contributed by atoms with Crippen LogP contribution in [0.3, 0.4) is 0 Å². The molecule has 0 spiro atoms. The molecular weight excluding hydrogens is 414 g/mol. The van der Waals surface area contributed by atoms with E-state index in [-0.39, 0.29) is 36.1 Å². The fraction of sp³-hybridized carbons (Fsp3) is 0.435. The molecule has 3 rings (SSSR count). The van der Waals surface area contributed by atoms with Crippen molar-refractivity contribution in [3.05, 3.63) is 51.4 Å². The van der Waals surface area contributed by atoms with Crippen LogP contribution in [0.2, 0.25) is 0 Å². The summed E-state index contributed by atoms with van der Waals surface area (Å²) in [7, 11) is 1.52. The van der Waals surface area contributed by atoms with Crippen molar-refractivity contribution in [2.45, 2.75) is 45.6 Å². The SMILES string of the molecule is CCOC(=O)c1c(NC(=O)CNC2(C)CCCc3ccccc32)sc(C(=O)NC)c1C. The van der Waals surface area contributed by atoms with Crippen molar-refractivity contribution < 1.29 is 19.1 Å². The molecule has 1 aromatic heterocycles. The van der Waals surface area contributed by atoms with Crippen molar-refractivity contribution in [1.29, 1.82) is 0 Å². The number of aryl methyl sites for hydroxylation is 1. The molecule has 0 fully saturated rings. The number of amides is 2. The Morgan fingerprint density at radius 1 is 1.23 bits per heavy atom. The van der Waals surface area contributed by atoms with Gasteiger partial charge in [-0.3, -0.25) is 14.9 Å². The van der Waals surface area contributed by atoms with Gasteiger partial charge in [-0.1, -0.05) is 24.3 Å². The van der Waals surface area contributed by atoms with Crippen LogP contribution in [-0.2, 0) is 21.5 Å². The Balaban J connectivity index is 1.78. The number of ether oxygens (including phenoxy) is 1. The first-order chi connectivity index (χ1) is 14.8. The summed E-state index contributed by atoms with van der Waals surface area (Å²) in [5.41, 5.74) is 2.95. The third kappa shape index (κ3) is 4.80. The van der Waals surface area contributed by atoms with E-state index in [1.165, 1.54) is 18.2 Å². The predicted molar refractivity (Wildman–Crippen MR) is 122 cm³/mol. The van der Waals surface area contributed by atoms with Gasteiger partial charge in [0.2, 0.25) is 5.91 Å². The molecule has 1 heterocycles. The molecule has 8 heteroatoms. The Bertz CT molecular complexity index is 1000. The number of hydrogen-bond donors (Lipinski definition) is 3. The number of rotatable bonds is 7. The van der Waals surface area contributed by atoms with E-state index in [0.717, 1.165) is 30.6 Å². The second-order valence-corrected chi connectivity index (χ2v) is 8.83. The summed E-state index contributed by atoms with van der Waals surface area (Å²) < 4.78 is 5.14. The number of anilines is 1. The van der Waals surface area contributed by atoms with Gasteiger partial charge in [-0.05, 0) is 56.7 Å². The van der Waals surface area contributed by atoms with Gasteiger partial charge in [-0.15, -0.1) is 11.3 Å².